The van der Waals surface area contributed by atoms with Gasteiger partial charge in [-0.15, -0.1) is 10.1 Å². The van der Waals surface area contributed by atoms with Crippen LogP contribution in [0, 0.1) is 0 Å². The van der Waals surface area contributed by atoms with Gasteiger partial charge in [0, 0.05) is 50.0 Å². The Morgan fingerprint density at radius 2 is 0.882 bits per heavy atom. The molecule has 12 heteroatoms. The molecule has 0 unspecified atom stereocenters. The van der Waals surface area contributed by atoms with Gasteiger partial charge in [-0.2, -0.15) is 0 Å². The first-order valence-electron chi connectivity index (χ1n) is 11.8. The predicted molar refractivity (Wildman–Crippen MR) is 125 cm³/mol. The quantitative estimate of drug-likeness (QED) is 0.161. The lowest BCUT2D eigenvalue weighted by Crippen LogP contribution is -2.31. The van der Waals surface area contributed by atoms with Crippen LogP contribution in [0.2, 0.25) is 0 Å². The smallest absolute Gasteiger partial charge is 0.330 e. The van der Waals surface area contributed by atoms with Crippen LogP contribution in [0.1, 0.15) is 89.9 Å². The fourth-order valence-corrected chi connectivity index (χ4v) is 5.59. The van der Waals surface area contributed by atoms with Crippen LogP contribution in [0.15, 0.2) is 0 Å². The molecule has 2 fully saturated rings. The van der Waals surface area contributed by atoms with Gasteiger partial charge < -0.3 is 9.68 Å². The van der Waals surface area contributed by atoms with Gasteiger partial charge in [0.05, 0.1) is 0 Å². The van der Waals surface area contributed by atoms with Crippen molar-refractivity contribution in [3.8, 4) is 0 Å². The highest BCUT2D eigenvalue weighted by Gasteiger charge is 2.33. The molecule has 0 bridgehead atoms. The molecule has 0 aliphatic carbocycles. The van der Waals surface area contributed by atoms with Crippen LogP contribution in [0.3, 0.4) is 0 Å². The van der Waals surface area contributed by atoms with E-state index < -0.39 is 35.6 Å². The first-order chi connectivity index (χ1) is 16.4. The highest BCUT2D eigenvalue weighted by Crippen LogP contribution is 2.25. The third-order valence-corrected chi connectivity index (χ3v) is 7.78. The van der Waals surface area contributed by atoms with E-state index in [2.05, 4.69) is 0 Å². The van der Waals surface area contributed by atoms with Gasteiger partial charge in [0.1, 0.15) is 0 Å². The SMILES string of the molecule is O=C(CCCCCCSSCCCCCCC(=O)ON1C(=O)CCC1=O)ON1C(=O)CCC1=O. The Balaban J connectivity index is 1.31. The zero-order valence-electron chi connectivity index (χ0n) is 19.3. The van der Waals surface area contributed by atoms with Crippen LogP contribution in [-0.2, 0) is 38.4 Å². The van der Waals surface area contributed by atoms with Crippen molar-refractivity contribution in [1.29, 1.82) is 0 Å². The summed E-state index contributed by atoms with van der Waals surface area (Å²) in [7, 11) is 3.65. The first kappa shape index (κ1) is 28.2. The van der Waals surface area contributed by atoms with Gasteiger partial charge in [-0.3, -0.25) is 19.2 Å². The Bertz CT molecular complexity index is 667. The number of nitrogens with zero attached hydrogens (tertiary/aromatic N) is 2. The fourth-order valence-electron chi connectivity index (χ4n) is 3.30. The van der Waals surface area contributed by atoms with Crippen molar-refractivity contribution in [1.82, 2.24) is 10.1 Å². The molecular weight excluding hydrogens is 484 g/mol. The zero-order chi connectivity index (χ0) is 24.8. The summed E-state index contributed by atoms with van der Waals surface area (Å²) in [5.74, 6) is -0.835. The molecule has 0 N–H and O–H groups in total. The van der Waals surface area contributed by atoms with Crippen LogP contribution in [0.4, 0.5) is 0 Å². The van der Waals surface area contributed by atoms with Gasteiger partial charge in [-0.25, -0.2) is 9.59 Å². The summed E-state index contributed by atoms with van der Waals surface area (Å²) in [5, 5.41) is 1.18. The number of unbranched alkanes of at least 4 members (excludes halogenated alkanes) is 6. The number of carbonyl (C=O) groups is 6. The molecule has 190 valence electrons. The van der Waals surface area contributed by atoms with Crippen molar-refractivity contribution in [2.75, 3.05) is 11.5 Å². The average molecular weight is 517 g/mol. The molecule has 0 aromatic rings. The molecule has 0 atom stereocenters. The van der Waals surface area contributed by atoms with Crippen LogP contribution in [-0.4, -0.2) is 57.2 Å². The summed E-state index contributed by atoms with van der Waals surface area (Å²) in [5.41, 5.74) is 0. The number of hydrogen-bond acceptors (Lipinski definition) is 10. The monoisotopic (exact) mass is 516 g/mol. The van der Waals surface area contributed by atoms with E-state index in [1.165, 1.54) is 0 Å². The maximum absolute atomic E-state index is 11.7. The van der Waals surface area contributed by atoms with Crippen LogP contribution in [0.5, 0.6) is 0 Å². The number of rotatable bonds is 17. The van der Waals surface area contributed by atoms with Crippen LogP contribution < -0.4 is 0 Å². The second kappa shape index (κ2) is 15.8. The fraction of sp³-hybridized carbons (Fsp3) is 0.727. The number of amides is 4. The molecule has 4 amide bonds. The standard InChI is InChI=1S/C22H32N2O8S2/c25-17-11-12-18(26)23(17)31-21(29)9-5-1-3-7-15-33-34-16-8-4-2-6-10-22(30)32-24-19(27)13-14-20(24)28/h1-16H2. The molecule has 0 spiro atoms. The van der Waals surface area contributed by atoms with Crippen molar-refractivity contribution in [3.63, 3.8) is 0 Å². The zero-order valence-corrected chi connectivity index (χ0v) is 20.9. The van der Waals surface area contributed by atoms with Gasteiger partial charge in [0.2, 0.25) is 0 Å². The molecule has 0 saturated carbocycles. The van der Waals surface area contributed by atoms with E-state index in [0.717, 1.165) is 50.0 Å². The number of hydrogen-bond donors (Lipinski definition) is 0. The van der Waals surface area contributed by atoms with E-state index in [1.54, 1.807) is 0 Å². The lowest BCUT2D eigenvalue weighted by molar-refractivity contribution is -0.197. The van der Waals surface area contributed by atoms with Gasteiger partial charge in [0.25, 0.3) is 23.6 Å². The molecule has 2 saturated heterocycles. The molecule has 34 heavy (non-hydrogen) atoms. The minimum Gasteiger partial charge on any atom is -0.330 e. The Labute approximate surface area is 207 Å². The highest BCUT2D eigenvalue weighted by molar-refractivity contribution is 8.76. The normalized spacial score (nSPS) is 16.0. The van der Waals surface area contributed by atoms with Crippen molar-refractivity contribution >= 4 is 57.2 Å². The Kier molecular flexibility index (Phi) is 13.0. The third-order valence-electron chi connectivity index (χ3n) is 5.20. The minimum absolute atomic E-state index is 0.102. The van der Waals surface area contributed by atoms with Gasteiger partial charge in [-0.05, 0) is 25.7 Å². The van der Waals surface area contributed by atoms with Crippen molar-refractivity contribution in [3.05, 3.63) is 0 Å². The molecule has 2 heterocycles. The van der Waals surface area contributed by atoms with E-state index in [-0.39, 0.29) is 38.5 Å². The summed E-state index contributed by atoms with van der Waals surface area (Å²) in [4.78, 5) is 78.6. The molecule has 2 rings (SSSR count). The lowest BCUT2D eigenvalue weighted by atomic mass is 10.2. The largest absolute Gasteiger partial charge is 0.333 e. The van der Waals surface area contributed by atoms with Gasteiger partial charge in [-0.1, -0.05) is 47.3 Å². The predicted octanol–water partition coefficient (Wildman–Crippen LogP) is 3.48. The number of carbonyl (C=O) groups excluding carboxylic acids is 6. The van der Waals surface area contributed by atoms with E-state index in [4.69, 9.17) is 9.68 Å². The summed E-state index contributed by atoms with van der Waals surface area (Å²) in [6.07, 6.45) is 8.06. The average Bonchev–Trinajstić information content (AvgIpc) is 3.29. The molecule has 0 radical (unpaired) electrons. The van der Waals surface area contributed by atoms with E-state index in [9.17, 15) is 28.8 Å². The Morgan fingerprint density at radius 3 is 1.24 bits per heavy atom. The van der Waals surface area contributed by atoms with Crippen molar-refractivity contribution in [2.24, 2.45) is 0 Å². The molecular formula is C22H32N2O8S2. The van der Waals surface area contributed by atoms with E-state index in [0.29, 0.717) is 23.0 Å². The topological polar surface area (TPSA) is 127 Å². The van der Waals surface area contributed by atoms with E-state index >= 15 is 0 Å². The first-order valence-corrected chi connectivity index (χ1v) is 14.2. The third kappa shape index (κ3) is 10.5. The summed E-state index contributed by atoms with van der Waals surface area (Å²) >= 11 is 0. The number of imide groups is 2. The second-order valence-corrected chi connectivity index (χ2v) is 10.8. The van der Waals surface area contributed by atoms with Crippen molar-refractivity contribution in [2.45, 2.75) is 89.9 Å². The highest BCUT2D eigenvalue weighted by atomic mass is 33.1. The second-order valence-electron chi connectivity index (χ2n) is 8.06. The van der Waals surface area contributed by atoms with Crippen molar-refractivity contribution < 1.29 is 38.4 Å². The minimum atomic E-state index is -0.540. The van der Waals surface area contributed by atoms with Crippen LogP contribution in [0.25, 0.3) is 0 Å². The maximum Gasteiger partial charge on any atom is 0.333 e. The molecule has 0 aromatic carbocycles. The summed E-state index contributed by atoms with van der Waals surface area (Å²) in [6, 6.07) is 0. The molecule has 10 nitrogen and oxygen atoms in total. The van der Waals surface area contributed by atoms with Gasteiger partial charge in [0.15, 0.2) is 0 Å². The van der Waals surface area contributed by atoms with Gasteiger partial charge >= 0.3 is 11.9 Å². The summed E-state index contributed by atoms with van der Waals surface area (Å²) < 4.78 is 0. The molecule has 0 aromatic heterocycles. The Hall–Kier alpha value is -2.08. The summed E-state index contributed by atoms with van der Waals surface area (Å²) in [6.45, 7) is 0. The molecule has 2 aliphatic heterocycles. The van der Waals surface area contributed by atoms with E-state index in [1.807, 2.05) is 21.6 Å². The maximum atomic E-state index is 11.7. The molecule has 2 aliphatic rings. The lowest BCUT2D eigenvalue weighted by Gasteiger charge is -2.12. The van der Waals surface area contributed by atoms with Crippen LogP contribution >= 0.6 is 21.6 Å². The Morgan fingerprint density at radius 1 is 0.559 bits per heavy atom. The number of hydroxylamine groups is 4.